The van der Waals surface area contributed by atoms with E-state index in [9.17, 15) is 0 Å². The lowest BCUT2D eigenvalue weighted by atomic mass is 10.4. The van der Waals surface area contributed by atoms with E-state index in [0.29, 0.717) is 5.82 Å². The number of aromatic nitrogens is 1. The summed E-state index contributed by atoms with van der Waals surface area (Å²) in [4.78, 5) is 3.93. The molecule has 0 atom stereocenters. The minimum absolute atomic E-state index is 0.536. The van der Waals surface area contributed by atoms with Crippen LogP contribution in [-0.2, 0) is 0 Å². The molecule has 0 spiro atoms. The van der Waals surface area contributed by atoms with Crippen molar-refractivity contribution in [3.05, 3.63) is 18.3 Å². The van der Waals surface area contributed by atoms with Gasteiger partial charge < -0.3 is 10.5 Å². The molecule has 16 heavy (non-hydrogen) atoms. The molecular formula is C13H24N2O. The normalized spacial score (nSPS) is 12.8. The van der Waals surface area contributed by atoms with Gasteiger partial charge in [-0.15, -0.1) is 0 Å². The highest BCUT2D eigenvalue weighted by atomic mass is 16.5. The van der Waals surface area contributed by atoms with Crippen LogP contribution >= 0.6 is 0 Å². The van der Waals surface area contributed by atoms with Gasteiger partial charge in [-0.2, -0.15) is 0 Å². The van der Waals surface area contributed by atoms with E-state index < -0.39 is 0 Å². The van der Waals surface area contributed by atoms with Crippen molar-refractivity contribution >= 4 is 5.82 Å². The van der Waals surface area contributed by atoms with Crippen molar-refractivity contribution in [2.24, 2.45) is 5.92 Å². The predicted octanol–water partition coefficient (Wildman–Crippen LogP) is 3.51. The first-order valence-corrected chi connectivity index (χ1v) is 6.19. The Hall–Kier alpha value is -1.25. The highest BCUT2D eigenvalue weighted by Crippen LogP contribution is 2.29. The maximum absolute atomic E-state index is 5.47. The first kappa shape index (κ1) is 14.8. The van der Waals surface area contributed by atoms with Crippen molar-refractivity contribution in [1.82, 2.24) is 4.98 Å². The van der Waals surface area contributed by atoms with E-state index in [2.05, 4.69) is 4.98 Å². The summed E-state index contributed by atoms with van der Waals surface area (Å²) in [5.74, 6) is 2.13. The van der Waals surface area contributed by atoms with Crippen molar-refractivity contribution in [2.45, 2.75) is 40.5 Å². The number of hydrogen-bond donors (Lipinski definition) is 1. The van der Waals surface area contributed by atoms with E-state index in [4.69, 9.17) is 10.5 Å². The Balaban J connectivity index is 0.000000509. The Morgan fingerprint density at radius 1 is 1.25 bits per heavy atom. The number of nitrogens with two attached hydrogens (primary N) is 1. The van der Waals surface area contributed by atoms with Crippen LogP contribution in [0.3, 0.4) is 0 Å². The number of anilines is 1. The molecule has 0 unspecified atom stereocenters. The Labute approximate surface area is 99.0 Å². The molecule has 0 bridgehead atoms. The fraction of sp³-hybridized carbons (Fsp3) is 0.615. The van der Waals surface area contributed by atoms with Crippen LogP contribution in [0.25, 0.3) is 0 Å². The maximum Gasteiger partial charge on any atom is 0.137 e. The lowest BCUT2D eigenvalue weighted by Gasteiger charge is -2.03. The van der Waals surface area contributed by atoms with Crippen molar-refractivity contribution in [2.75, 3.05) is 12.3 Å². The van der Waals surface area contributed by atoms with Crippen LogP contribution in [-0.4, -0.2) is 11.6 Å². The molecule has 92 valence electrons. The van der Waals surface area contributed by atoms with Gasteiger partial charge in [-0.1, -0.05) is 27.7 Å². The van der Waals surface area contributed by atoms with Gasteiger partial charge in [-0.25, -0.2) is 4.98 Å². The molecule has 1 fully saturated rings. The second-order valence-corrected chi connectivity index (χ2v) is 3.17. The number of rotatable bonds is 3. The molecule has 1 aromatic rings. The van der Waals surface area contributed by atoms with Crippen molar-refractivity contribution < 1.29 is 4.74 Å². The fourth-order valence-electron chi connectivity index (χ4n) is 0.976. The van der Waals surface area contributed by atoms with Crippen LogP contribution in [0.15, 0.2) is 18.3 Å². The lowest BCUT2D eigenvalue weighted by molar-refractivity contribution is 0.299. The zero-order valence-corrected chi connectivity index (χ0v) is 10.9. The minimum atomic E-state index is 0.536. The van der Waals surface area contributed by atoms with Gasteiger partial charge in [0.1, 0.15) is 11.6 Å². The van der Waals surface area contributed by atoms with Gasteiger partial charge in [0.25, 0.3) is 0 Å². The number of pyridine rings is 1. The summed E-state index contributed by atoms with van der Waals surface area (Å²) >= 11 is 0. The molecule has 0 saturated heterocycles. The smallest absolute Gasteiger partial charge is 0.137 e. The topological polar surface area (TPSA) is 48.1 Å². The van der Waals surface area contributed by atoms with Gasteiger partial charge in [-0.05, 0) is 30.9 Å². The minimum Gasteiger partial charge on any atom is -0.492 e. The summed E-state index contributed by atoms with van der Waals surface area (Å²) in [6, 6.07) is 3.60. The molecule has 1 aliphatic rings. The zero-order chi connectivity index (χ0) is 12.4. The third kappa shape index (κ3) is 6.27. The molecule has 2 N–H and O–H groups in total. The predicted molar refractivity (Wildman–Crippen MR) is 69.6 cm³/mol. The SMILES string of the molecule is CC.CC.Nc1ccc(OCC2CC2)cn1. The summed E-state index contributed by atoms with van der Waals surface area (Å²) in [6.45, 7) is 8.82. The van der Waals surface area contributed by atoms with Crippen LogP contribution in [0.4, 0.5) is 5.82 Å². The van der Waals surface area contributed by atoms with Crippen LogP contribution < -0.4 is 10.5 Å². The second-order valence-electron chi connectivity index (χ2n) is 3.17. The monoisotopic (exact) mass is 224 g/mol. The summed E-state index contributed by atoms with van der Waals surface area (Å²) in [5, 5.41) is 0. The fourth-order valence-corrected chi connectivity index (χ4v) is 0.976. The average molecular weight is 224 g/mol. The maximum atomic E-state index is 5.47. The molecule has 0 radical (unpaired) electrons. The quantitative estimate of drug-likeness (QED) is 0.854. The van der Waals surface area contributed by atoms with Crippen LogP contribution in [0.2, 0.25) is 0 Å². The van der Waals surface area contributed by atoms with Crippen molar-refractivity contribution in [3.8, 4) is 5.75 Å². The molecule has 1 heterocycles. The Morgan fingerprint density at radius 2 is 1.88 bits per heavy atom. The first-order valence-electron chi connectivity index (χ1n) is 6.19. The number of nitrogens with zero attached hydrogens (tertiary/aromatic N) is 1. The van der Waals surface area contributed by atoms with E-state index >= 15 is 0 Å². The molecule has 0 aliphatic heterocycles. The second kappa shape index (κ2) is 9.01. The standard InChI is InChI=1S/C9H12N2O.2C2H6/c10-9-4-3-8(5-11-9)12-6-7-1-2-7;2*1-2/h3-5,7H,1-2,6H2,(H2,10,11);2*1-2H3. The molecule has 3 nitrogen and oxygen atoms in total. The molecule has 0 amide bonds. The number of ether oxygens (including phenoxy) is 1. The summed E-state index contributed by atoms with van der Waals surface area (Å²) < 4.78 is 5.47. The van der Waals surface area contributed by atoms with E-state index in [1.165, 1.54) is 12.8 Å². The highest BCUT2D eigenvalue weighted by Gasteiger charge is 2.21. The van der Waals surface area contributed by atoms with E-state index in [1.807, 2.05) is 33.8 Å². The van der Waals surface area contributed by atoms with Crippen molar-refractivity contribution in [3.63, 3.8) is 0 Å². The van der Waals surface area contributed by atoms with Crippen LogP contribution in [0, 0.1) is 5.92 Å². The van der Waals surface area contributed by atoms with Crippen LogP contribution in [0.1, 0.15) is 40.5 Å². The van der Waals surface area contributed by atoms with Gasteiger partial charge in [-0.3, -0.25) is 0 Å². The summed E-state index contributed by atoms with van der Waals surface area (Å²) in [7, 11) is 0. The molecule has 0 aromatic carbocycles. The van der Waals surface area contributed by atoms with Gasteiger partial charge in [0.05, 0.1) is 12.8 Å². The molecule has 2 rings (SSSR count). The van der Waals surface area contributed by atoms with Crippen molar-refractivity contribution in [1.29, 1.82) is 0 Å². The third-order valence-electron chi connectivity index (χ3n) is 1.94. The molecule has 1 aliphatic carbocycles. The third-order valence-corrected chi connectivity index (χ3v) is 1.94. The Bertz CT molecular complexity index is 255. The summed E-state index contributed by atoms with van der Waals surface area (Å²) in [5.41, 5.74) is 5.43. The van der Waals surface area contributed by atoms with E-state index in [1.54, 1.807) is 12.3 Å². The van der Waals surface area contributed by atoms with E-state index in [-0.39, 0.29) is 0 Å². The van der Waals surface area contributed by atoms with E-state index in [0.717, 1.165) is 18.3 Å². The highest BCUT2D eigenvalue weighted by molar-refractivity contribution is 5.32. The first-order chi connectivity index (χ1) is 7.84. The lowest BCUT2D eigenvalue weighted by Crippen LogP contribution is -1.99. The Kier molecular flexibility index (Phi) is 8.31. The molecule has 1 aromatic heterocycles. The molecular weight excluding hydrogens is 200 g/mol. The summed E-state index contributed by atoms with van der Waals surface area (Å²) in [6.07, 6.45) is 4.28. The largest absolute Gasteiger partial charge is 0.492 e. The Morgan fingerprint density at radius 3 is 2.31 bits per heavy atom. The van der Waals surface area contributed by atoms with Gasteiger partial charge >= 0.3 is 0 Å². The number of hydrogen-bond acceptors (Lipinski definition) is 3. The number of nitrogen functional groups attached to an aromatic ring is 1. The zero-order valence-electron chi connectivity index (χ0n) is 10.9. The van der Waals surface area contributed by atoms with Gasteiger partial charge in [0.2, 0.25) is 0 Å². The average Bonchev–Trinajstić information content (AvgIpc) is 3.18. The molecule has 1 saturated carbocycles. The van der Waals surface area contributed by atoms with Crippen LogP contribution in [0.5, 0.6) is 5.75 Å². The van der Waals surface area contributed by atoms with Gasteiger partial charge in [0.15, 0.2) is 0 Å². The molecule has 3 heteroatoms. The van der Waals surface area contributed by atoms with Gasteiger partial charge in [0, 0.05) is 0 Å².